The summed E-state index contributed by atoms with van der Waals surface area (Å²) < 4.78 is 0. The summed E-state index contributed by atoms with van der Waals surface area (Å²) in [4.78, 5) is 0. The van der Waals surface area contributed by atoms with Gasteiger partial charge in [0.1, 0.15) is 11.5 Å². The van der Waals surface area contributed by atoms with E-state index in [1.165, 1.54) is 0 Å². The van der Waals surface area contributed by atoms with Gasteiger partial charge in [0, 0.05) is 11.1 Å². The van der Waals surface area contributed by atoms with Gasteiger partial charge in [-0.2, -0.15) is 0 Å². The zero-order valence-electron chi connectivity index (χ0n) is 12.2. The van der Waals surface area contributed by atoms with Crippen molar-refractivity contribution in [2.24, 2.45) is 0 Å². The molecule has 0 spiro atoms. The minimum Gasteiger partial charge on any atom is -0.507 e. The van der Waals surface area contributed by atoms with Crippen molar-refractivity contribution >= 4 is 0 Å². The monoisotopic (exact) mass is 288 g/mol. The third-order valence-corrected chi connectivity index (χ3v) is 3.98. The second kappa shape index (κ2) is 6.16. The second-order valence-corrected chi connectivity index (χ2v) is 5.21. The van der Waals surface area contributed by atoms with E-state index in [-0.39, 0.29) is 24.7 Å². The topological polar surface area (TPSA) is 80.9 Å². The lowest BCUT2D eigenvalue weighted by Gasteiger charge is -2.14. The van der Waals surface area contributed by atoms with E-state index in [9.17, 15) is 10.2 Å². The first-order valence-electron chi connectivity index (χ1n) is 6.82. The van der Waals surface area contributed by atoms with E-state index in [0.717, 1.165) is 22.3 Å². The van der Waals surface area contributed by atoms with Gasteiger partial charge in [-0.25, -0.2) is 0 Å². The molecular weight excluding hydrogens is 268 g/mol. The summed E-state index contributed by atoms with van der Waals surface area (Å²) in [5.41, 5.74) is 4.34. The number of phenols is 2. The molecule has 0 unspecified atom stereocenters. The maximum absolute atomic E-state index is 10.0. The van der Waals surface area contributed by atoms with Crippen LogP contribution in [-0.4, -0.2) is 20.4 Å². The molecule has 0 aromatic heterocycles. The van der Waals surface area contributed by atoms with Crippen molar-refractivity contribution in [2.45, 2.75) is 33.5 Å². The van der Waals surface area contributed by atoms with E-state index in [1.807, 2.05) is 12.1 Å². The van der Waals surface area contributed by atoms with Crippen molar-refractivity contribution in [3.8, 4) is 11.5 Å². The molecule has 0 heterocycles. The molecule has 2 rings (SSSR count). The van der Waals surface area contributed by atoms with Gasteiger partial charge in [-0.3, -0.25) is 0 Å². The third kappa shape index (κ3) is 2.86. The van der Waals surface area contributed by atoms with Gasteiger partial charge in [0.15, 0.2) is 0 Å². The first kappa shape index (κ1) is 15.4. The lowest BCUT2D eigenvalue weighted by Crippen LogP contribution is -1.99. The average molecular weight is 288 g/mol. The van der Waals surface area contributed by atoms with E-state index >= 15 is 0 Å². The summed E-state index contributed by atoms with van der Waals surface area (Å²) in [6.07, 6.45) is 0.566. The van der Waals surface area contributed by atoms with E-state index in [0.29, 0.717) is 17.5 Å². The molecule has 0 saturated carbocycles. The van der Waals surface area contributed by atoms with E-state index < -0.39 is 0 Å². The van der Waals surface area contributed by atoms with Crippen LogP contribution < -0.4 is 0 Å². The van der Waals surface area contributed by atoms with Crippen LogP contribution in [0.4, 0.5) is 0 Å². The predicted molar refractivity (Wildman–Crippen MR) is 80.3 cm³/mol. The molecule has 0 aliphatic heterocycles. The Kier molecular flexibility index (Phi) is 4.50. The Balaban J connectivity index is 2.39. The molecule has 0 aliphatic rings. The normalized spacial score (nSPS) is 10.9. The standard InChI is InChI=1S/C17H20O4/c1-10-12(3-5-14(8-18)16(10)20)7-13-4-6-15(9-19)17(21)11(13)2/h3-6,18-21H,7-9H2,1-2H3. The fourth-order valence-corrected chi connectivity index (χ4v) is 2.44. The van der Waals surface area contributed by atoms with Crippen LogP contribution in [0.3, 0.4) is 0 Å². The molecule has 4 heteroatoms. The summed E-state index contributed by atoms with van der Waals surface area (Å²) in [7, 11) is 0. The molecule has 0 atom stereocenters. The number of aromatic hydroxyl groups is 2. The Bertz CT molecular complexity index is 605. The number of aliphatic hydroxyl groups excluding tert-OH is 2. The number of benzene rings is 2. The largest absolute Gasteiger partial charge is 0.507 e. The van der Waals surface area contributed by atoms with Crippen LogP contribution in [0.15, 0.2) is 24.3 Å². The van der Waals surface area contributed by atoms with E-state index in [2.05, 4.69) is 0 Å². The lowest BCUT2D eigenvalue weighted by molar-refractivity contribution is 0.275. The Labute approximate surface area is 123 Å². The highest BCUT2D eigenvalue weighted by Gasteiger charge is 2.12. The fourth-order valence-electron chi connectivity index (χ4n) is 2.44. The van der Waals surface area contributed by atoms with Crippen LogP contribution in [0, 0.1) is 13.8 Å². The summed E-state index contributed by atoms with van der Waals surface area (Å²) in [6.45, 7) is 3.22. The molecule has 0 saturated heterocycles. The predicted octanol–water partition coefficient (Wildman–Crippen LogP) is 2.29. The van der Waals surface area contributed by atoms with E-state index in [1.54, 1.807) is 26.0 Å². The minimum absolute atomic E-state index is 0.115. The maximum Gasteiger partial charge on any atom is 0.124 e. The molecular formula is C17H20O4. The van der Waals surface area contributed by atoms with Gasteiger partial charge in [-0.15, -0.1) is 0 Å². The second-order valence-electron chi connectivity index (χ2n) is 5.21. The van der Waals surface area contributed by atoms with Gasteiger partial charge in [-0.05, 0) is 42.5 Å². The van der Waals surface area contributed by atoms with Gasteiger partial charge in [0.2, 0.25) is 0 Å². The lowest BCUT2D eigenvalue weighted by atomic mass is 9.94. The molecule has 4 nitrogen and oxygen atoms in total. The fraction of sp³-hybridized carbons (Fsp3) is 0.294. The molecule has 2 aromatic carbocycles. The van der Waals surface area contributed by atoms with Gasteiger partial charge >= 0.3 is 0 Å². The Hall–Kier alpha value is -2.04. The van der Waals surface area contributed by atoms with E-state index in [4.69, 9.17) is 10.2 Å². The molecule has 112 valence electrons. The summed E-state index contributed by atoms with van der Waals surface area (Å²) >= 11 is 0. The number of hydrogen-bond donors (Lipinski definition) is 4. The van der Waals surface area contributed by atoms with Crippen LogP contribution in [0.1, 0.15) is 33.4 Å². The van der Waals surface area contributed by atoms with Crippen molar-refractivity contribution in [1.29, 1.82) is 0 Å². The molecule has 0 amide bonds. The summed E-state index contributed by atoms with van der Waals surface area (Å²) in [6, 6.07) is 7.15. The average Bonchev–Trinajstić information content (AvgIpc) is 2.49. The van der Waals surface area contributed by atoms with Crippen molar-refractivity contribution in [3.05, 3.63) is 57.6 Å². The van der Waals surface area contributed by atoms with Crippen molar-refractivity contribution in [2.75, 3.05) is 0 Å². The minimum atomic E-state index is -0.196. The first-order chi connectivity index (χ1) is 9.99. The highest BCUT2D eigenvalue weighted by molar-refractivity contribution is 5.50. The smallest absolute Gasteiger partial charge is 0.124 e. The van der Waals surface area contributed by atoms with Crippen LogP contribution in [0.2, 0.25) is 0 Å². The highest BCUT2D eigenvalue weighted by Crippen LogP contribution is 2.30. The Morgan fingerprint density at radius 1 is 0.667 bits per heavy atom. The highest BCUT2D eigenvalue weighted by atomic mass is 16.3. The first-order valence-corrected chi connectivity index (χ1v) is 6.82. The zero-order valence-corrected chi connectivity index (χ0v) is 12.2. The van der Waals surface area contributed by atoms with Gasteiger partial charge in [0.05, 0.1) is 13.2 Å². The van der Waals surface area contributed by atoms with Gasteiger partial charge in [0.25, 0.3) is 0 Å². The van der Waals surface area contributed by atoms with Crippen LogP contribution in [-0.2, 0) is 19.6 Å². The van der Waals surface area contributed by atoms with Crippen molar-refractivity contribution in [3.63, 3.8) is 0 Å². The Morgan fingerprint density at radius 3 is 1.33 bits per heavy atom. The van der Waals surface area contributed by atoms with Crippen molar-refractivity contribution < 1.29 is 20.4 Å². The number of rotatable bonds is 4. The molecule has 4 N–H and O–H groups in total. The number of hydrogen-bond acceptors (Lipinski definition) is 4. The molecule has 0 aliphatic carbocycles. The van der Waals surface area contributed by atoms with Crippen molar-refractivity contribution in [1.82, 2.24) is 0 Å². The summed E-state index contributed by atoms with van der Waals surface area (Å²) in [5, 5.41) is 38.3. The zero-order chi connectivity index (χ0) is 15.6. The van der Waals surface area contributed by atoms with Gasteiger partial charge < -0.3 is 20.4 Å². The van der Waals surface area contributed by atoms with Gasteiger partial charge in [-0.1, -0.05) is 24.3 Å². The molecule has 0 bridgehead atoms. The molecule has 0 radical (unpaired) electrons. The molecule has 0 fully saturated rings. The summed E-state index contributed by atoms with van der Waals surface area (Å²) in [5.74, 6) is 0.229. The van der Waals surface area contributed by atoms with Crippen LogP contribution in [0.5, 0.6) is 11.5 Å². The van der Waals surface area contributed by atoms with Crippen LogP contribution in [0.25, 0.3) is 0 Å². The van der Waals surface area contributed by atoms with Crippen LogP contribution >= 0.6 is 0 Å². The number of aliphatic hydroxyl groups is 2. The SMILES string of the molecule is Cc1c(Cc2ccc(CO)c(O)c2C)ccc(CO)c1O. The quantitative estimate of drug-likeness (QED) is 0.696. The molecule has 21 heavy (non-hydrogen) atoms. The third-order valence-electron chi connectivity index (χ3n) is 3.98. The maximum atomic E-state index is 10.0. The molecule has 2 aromatic rings. The Morgan fingerprint density at radius 2 is 1.00 bits per heavy atom.